The van der Waals surface area contributed by atoms with E-state index in [1.807, 2.05) is 7.05 Å². The Morgan fingerprint density at radius 1 is 1.44 bits per heavy atom. The van der Waals surface area contributed by atoms with Gasteiger partial charge in [0.15, 0.2) is 0 Å². The van der Waals surface area contributed by atoms with Gasteiger partial charge in [0, 0.05) is 18.5 Å². The average molecular weight is 242 g/mol. The standard InChI is InChI=1S/C12H22N2OS/c1-5-7-10(15-4)12-14-9(6-2)11(16-12)8-13-3/h10,13H,5-8H2,1-4H3. The van der Waals surface area contributed by atoms with Crippen LogP contribution in [0.4, 0.5) is 0 Å². The van der Waals surface area contributed by atoms with Gasteiger partial charge in [-0.1, -0.05) is 20.3 Å². The summed E-state index contributed by atoms with van der Waals surface area (Å²) in [5, 5.41) is 4.32. The van der Waals surface area contributed by atoms with Gasteiger partial charge in [0.05, 0.1) is 5.69 Å². The van der Waals surface area contributed by atoms with E-state index < -0.39 is 0 Å². The lowest BCUT2D eigenvalue weighted by Crippen LogP contribution is -2.05. The van der Waals surface area contributed by atoms with Crippen molar-refractivity contribution in [2.45, 2.75) is 45.8 Å². The normalized spacial score (nSPS) is 13.0. The molecule has 0 aromatic carbocycles. The highest BCUT2D eigenvalue weighted by Crippen LogP contribution is 2.29. The summed E-state index contributed by atoms with van der Waals surface area (Å²) in [6.07, 6.45) is 3.34. The van der Waals surface area contributed by atoms with Crippen molar-refractivity contribution in [1.29, 1.82) is 0 Å². The second-order valence-electron chi connectivity index (χ2n) is 3.82. The highest BCUT2D eigenvalue weighted by Gasteiger charge is 2.17. The number of nitrogens with zero attached hydrogens (tertiary/aromatic N) is 1. The number of thiazole rings is 1. The van der Waals surface area contributed by atoms with Gasteiger partial charge in [-0.25, -0.2) is 4.98 Å². The predicted octanol–water partition coefficient (Wildman–Crippen LogP) is 2.91. The Morgan fingerprint density at radius 2 is 2.19 bits per heavy atom. The Bertz CT molecular complexity index is 312. The van der Waals surface area contributed by atoms with E-state index in [1.54, 1.807) is 18.4 Å². The zero-order valence-corrected chi connectivity index (χ0v) is 11.5. The Kier molecular flexibility index (Phi) is 5.95. The molecule has 1 heterocycles. The van der Waals surface area contributed by atoms with E-state index in [0.717, 1.165) is 30.8 Å². The number of rotatable bonds is 7. The summed E-state index contributed by atoms with van der Waals surface area (Å²) >= 11 is 1.78. The molecule has 0 aliphatic heterocycles. The van der Waals surface area contributed by atoms with Crippen LogP contribution in [0.15, 0.2) is 0 Å². The Hall–Kier alpha value is -0.450. The van der Waals surface area contributed by atoms with Crippen LogP contribution >= 0.6 is 11.3 Å². The SMILES string of the molecule is CCCC(OC)c1nc(CC)c(CNC)s1. The summed E-state index contributed by atoms with van der Waals surface area (Å²) in [4.78, 5) is 6.04. The first kappa shape index (κ1) is 13.6. The Morgan fingerprint density at radius 3 is 2.69 bits per heavy atom. The maximum absolute atomic E-state index is 5.50. The van der Waals surface area contributed by atoms with Gasteiger partial charge < -0.3 is 10.1 Å². The van der Waals surface area contributed by atoms with E-state index >= 15 is 0 Å². The number of hydrogen-bond acceptors (Lipinski definition) is 4. The first-order chi connectivity index (χ1) is 7.76. The number of methoxy groups -OCH3 is 1. The summed E-state index contributed by atoms with van der Waals surface area (Å²) in [6, 6.07) is 0. The molecular formula is C12H22N2OS. The minimum Gasteiger partial charge on any atom is -0.374 e. The van der Waals surface area contributed by atoms with Crippen LogP contribution in [0.5, 0.6) is 0 Å². The van der Waals surface area contributed by atoms with Crippen molar-refractivity contribution in [3.63, 3.8) is 0 Å². The van der Waals surface area contributed by atoms with Crippen LogP contribution in [0.1, 0.15) is 48.4 Å². The van der Waals surface area contributed by atoms with Gasteiger partial charge in [0.25, 0.3) is 0 Å². The number of aryl methyl sites for hydroxylation is 1. The molecule has 3 nitrogen and oxygen atoms in total. The molecule has 0 saturated carbocycles. The lowest BCUT2D eigenvalue weighted by atomic mass is 10.2. The Balaban J connectivity index is 2.86. The van der Waals surface area contributed by atoms with Crippen LogP contribution in [0.2, 0.25) is 0 Å². The molecule has 1 unspecified atom stereocenters. The number of nitrogens with one attached hydrogen (secondary N) is 1. The fourth-order valence-electron chi connectivity index (χ4n) is 1.72. The van der Waals surface area contributed by atoms with Gasteiger partial charge in [-0.2, -0.15) is 0 Å². The monoisotopic (exact) mass is 242 g/mol. The third-order valence-electron chi connectivity index (χ3n) is 2.58. The van der Waals surface area contributed by atoms with Crippen molar-refractivity contribution in [3.8, 4) is 0 Å². The van der Waals surface area contributed by atoms with Crippen LogP contribution in [-0.4, -0.2) is 19.1 Å². The Labute approximate surface area is 102 Å². The molecule has 92 valence electrons. The van der Waals surface area contributed by atoms with Gasteiger partial charge in [0.1, 0.15) is 11.1 Å². The minimum absolute atomic E-state index is 0.172. The molecular weight excluding hydrogens is 220 g/mol. The molecule has 1 aromatic heterocycles. The van der Waals surface area contributed by atoms with Crippen molar-refractivity contribution in [3.05, 3.63) is 15.6 Å². The molecule has 0 aliphatic carbocycles. The minimum atomic E-state index is 0.172. The molecule has 0 bridgehead atoms. The first-order valence-electron chi connectivity index (χ1n) is 5.92. The molecule has 1 N–H and O–H groups in total. The molecule has 4 heteroatoms. The smallest absolute Gasteiger partial charge is 0.122 e. The highest BCUT2D eigenvalue weighted by atomic mass is 32.1. The van der Waals surface area contributed by atoms with Crippen molar-refractivity contribution >= 4 is 11.3 Å². The predicted molar refractivity (Wildman–Crippen MR) is 68.9 cm³/mol. The van der Waals surface area contributed by atoms with E-state index in [2.05, 4.69) is 19.2 Å². The van der Waals surface area contributed by atoms with Crippen LogP contribution in [0, 0.1) is 0 Å². The summed E-state index contributed by atoms with van der Waals surface area (Å²) < 4.78 is 5.50. The number of hydrogen-bond donors (Lipinski definition) is 1. The molecule has 0 fully saturated rings. The lowest BCUT2D eigenvalue weighted by molar-refractivity contribution is 0.0946. The van der Waals surface area contributed by atoms with Gasteiger partial charge in [-0.3, -0.25) is 0 Å². The second kappa shape index (κ2) is 6.99. The van der Waals surface area contributed by atoms with Gasteiger partial charge >= 0.3 is 0 Å². The number of aromatic nitrogens is 1. The van der Waals surface area contributed by atoms with Gasteiger partial charge in [0.2, 0.25) is 0 Å². The zero-order chi connectivity index (χ0) is 12.0. The molecule has 0 spiro atoms. The van der Waals surface area contributed by atoms with Gasteiger partial charge in [-0.15, -0.1) is 11.3 Å². The van der Waals surface area contributed by atoms with Crippen molar-refractivity contribution in [2.75, 3.05) is 14.2 Å². The molecule has 0 saturated heterocycles. The fourth-order valence-corrected chi connectivity index (χ4v) is 3.00. The molecule has 0 aliphatic rings. The molecule has 1 atom stereocenters. The molecule has 16 heavy (non-hydrogen) atoms. The fraction of sp³-hybridized carbons (Fsp3) is 0.750. The maximum atomic E-state index is 5.50. The van der Waals surface area contributed by atoms with E-state index in [-0.39, 0.29) is 6.10 Å². The van der Waals surface area contributed by atoms with E-state index in [0.29, 0.717) is 0 Å². The largest absolute Gasteiger partial charge is 0.374 e. The quantitative estimate of drug-likeness (QED) is 0.798. The van der Waals surface area contributed by atoms with E-state index in [1.165, 1.54) is 10.6 Å². The van der Waals surface area contributed by atoms with Crippen LogP contribution in [0.3, 0.4) is 0 Å². The van der Waals surface area contributed by atoms with Gasteiger partial charge in [-0.05, 0) is 19.9 Å². The second-order valence-corrected chi connectivity index (χ2v) is 4.93. The summed E-state index contributed by atoms with van der Waals surface area (Å²) in [6.45, 7) is 5.23. The van der Waals surface area contributed by atoms with Crippen molar-refractivity contribution in [1.82, 2.24) is 10.3 Å². The maximum Gasteiger partial charge on any atom is 0.122 e. The summed E-state index contributed by atoms with van der Waals surface area (Å²) in [7, 11) is 3.74. The van der Waals surface area contributed by atoms with E-state index in [9.17, 15) is 0 Å². The van der Waals surface area contributed by atoms with Crippen LogP contribution in [0.25, 0.3) is 0 Å². The van der Waals surface area contributed by atoms with Crippen molar-refractivity contribution < 1.29 is 4.74 Å². The lowest BCUT2D eigenvalue weighted by Gasteiger charge is -2.10. The molecule has 1 rings (SSSR count). The first-order valence-corrected chi connectivity index (χ1v) is 6.74. The summed E-state index contributed by atoms with van der Waals surface area (Å²) in [5.74, 6) is 0. The molecule has 1 aromatic rings. The third-order valence-corrected chi connectivity index (χ3v) is 3.77. The van der Waals surface area contributed by atoms with E-state index in [4.69, 9.17) is 9.72 Å². The number of ether oxygens (including phenoxy) is 1. The van der Waals surface area contributed by atoms with Crippen LogP contribution in [-0.2, 0) is 17.7 Å². The highest BCUT2D eigenvalue weighted by molar-refractivity contribution is 7.11. The average Bonchev–Trinajstić information content (AvgIpc) is 2.69. The third kappa shape index (κ3) is 3.27. The summed E-state index contributed by atoms with van der Waals surface area (Å²) in [5.41, 5.74) is 1.22. The topological polar surface area (TPSA) is 34.1 Å². The molecule has 0 radical (unpaired) electrons. The van der Waals surface area contributed by atoms with Crippen LogP contribution < -0.4 is 5.32 Å². The van der Waals surface area contributed by atoms with Crippen molar-refractivity contribution in [2.24, 2.45) is 0 Å². The zero-order valence-electron chi connectivity index (χ0n) is 10.7. The molecule has 0 amide bonds.